The number of ether oxygens (including phenoxy) is 1. The summed E-state index contributed by atoms with van der Waals surface area (Å²) in [6.45, 7) is 6.02. The molecule has 1 aromatic carbocycles. The molecule has 0 fully saturated rings. The standard InChI is InChI=1S/C13H18O2/c1-4-12(5-2)15-13(14)11-8-6-7-10(3)9-11/h6-9,12H,4-5H2,1-3H3. The molecule has 0 atom stereocenters. The van der Waals surface area contributed by atoms with Gasteiger partial charge in [0.15, 0.2) is 0 Å². The van der Waals surface area contributed by atoms with Crippen LogP contribution >= 0.6 is 0 Å². The molecule has 0 radical (unpaired) electrons. The Labute approximate surface area is 91.3 Å². The van der Waals surface area contributed by atoms with Crippen molar-refractivity contribution >= 4 is 5.97 Å². The van der Waals surface area contributed by atoms with Crippen LogP contribution in [0.15, 0.2) is 24.3 Å². The van der Waals surface area contributed by atoms with Gasteiger partial charge in [-0.05, 0) is 31.9 Å². The van der Waals surface area contributed by atoms with Crippen molar-refractivity contribution in [3.63, 3.8) is 0 Å². The van der Waals surface area contributed by atoms with E-state index >= 15 is 0 Å². The molecule has 2 heteroatoms. The van der Waals surface area contributed by atoms with E-state index in [1.54, 1.807) is 6.07 Å². The molecule has 0 aliphatic heterocycles. The van der Waals surface area contributed by atoms with Crippen LogP contribution in [0.4, 0.5) is 0 Å². The topological polar surface area (TPSA) is 26.3 Å². The number of benzene rings is 1. The molecule has 0 unspecified atom stereocenters. The monoisotopic (exact) mass is 206 g/mol. The van der Waals surface area contributed by atoms with E-state index in [9.17, 15) is 4.79 Å². The Bertz CT molecular complexity index is 327. The first-order chi connectivity index (χ1) is 7.17. The van der Waals surface area contributed by atoms with Gasteiger partial charge >= 0.3 is 5.97 Å². The zero-order chi connectivity index (χ0) is 11.3. The first-order valence-electron chi connectivity index (χ1n) is 5.45. The Hall–Kier alpha value is -1.31. The Kier molecular flexibility index (Phi) is 4.35. The summed E-state index contributed by atoms with van der Waals surface area (Å²) in [5.74, 6) is -0.215. The van der Waals surface area contributed by atoms with E-state index in [1.165, 1.54) is 0 Å². The summed E-state index contributed by atoms with van der Waals surface area (Å²) in [7, 11) is 0. The Morgan fingerprint density at radius 1 is 1.33 bits per heavy atom. The van der Waals surface area contributed by atoms with Gasteiger partial charge in [-0.2, -0.15) is 0 Å². The molecule has 0 bridgehead atoms. The largest absolute Gasteiger partial charge is 0.459 e. The fourth-order valence-electron chi connectivity index (χ4n) is 1.45. The van der Waals surface area contributed by atoms with Crippen molar-refractivity contribution in [2.45, 2.75) is 39.7 Å². The van der Waals surface area contributed by atoms with Crippen molar-refractivity contribution in [1.82, 2.24) is 0 Å². The van der Waals surface area contributed by atoms with E-state index in [2.05, 4.69) is 0 Å². The van der Waals surface area contributed by atoms with Gasteiger partial charge in [0, 0.05) is 0 Å². The Morgan fingerprint density at radius 2 is 2.00 bits per heavy atom. The molecule has 0 heterocycles. The van der Waals surface area contributed by atoms with Crippen molar-refractivity contribution in [3.8, 4) is 0 Å². The minimum atomic E-state index is -0.215. The molecule has 0 aliphatic rings. The second-order valence-corrected chi connectivity index (χ2v) is 3.71. The summed E-state index contributed by atoms with van der Waals surface area (Å²) in [6, 6.07) is 7.48. The highest BCUT2D eigenvalue weighted by atomic mass is 16.5. The van der Waals surface area contributed by atoms with Gasteiger partial charge in [-0.1, -0.05) is 31.5 Å². The van der Waals surface area contributed by atoms with E-state index in [-0.39, 0.29) is 12.1 Å². The Balaban J connectivity index is 2.68. The molecule has 0 N–H and O–H groups in total. The van der Waals surface area contributed by atoms with Gasteiger partial charge in [0.2, 0.25) is 0 Å². The number of hydrogen-bond acceptors (Lipinski definition) is 2. The lowest BCUT2D eigenvalue weighted by atomic mass is 10.1. The van der Waals surface area contributed by atoms with E-state index in [0.29, 0.717) is 5.56 Å². The van der Waals surface area contributed by atoms with Crippen LogP contribution in [0.5, 0.6) is 0 Å². The van der Waals surface area contributed by atoms with Gasteiger partial charge in [0.1, 0.15) is 6.10 Å². The molecular weight excluding hydrogens is 188 g/mol. The highest BCUT2D eigenvalue weighted by Gasteiger charge is 2.12. The van der Waals surface area contributed by atoms with Crippen LogP contribution in [0.1, 0.15) is 42.6 Å². The van der Waals surface area contributed by atoms with Gasteiger partial charge in [-0.25, -0.2) is 4.79 Å². The molecule has 15 heavy (non-hydrogen) atoms. The van der Waals surface area contributed by atoms with Crippen LogP contribution < -0.4 is 0 Å². The maximum absolute atomic E-state index is 11.7. The third kappa shape index (κ3) is 3.39. The Morgan fingerprint density at radius 3 is 2.53 bits per heavy atom. The smallest absolute Gasteiger partial charge is 0.338 e. The minimum Gasteiger partial charge on any atom is -0.459 e. The highest BCUT2D eigenvalue weighted by Crippen LogP contribution is 2.10. The second-order valence-electron chi connectivity index (χ2n) is 3.71. The van der Waals surface area contributed by atoms with E-state index < -0.39 is 0 Å². The van der Waals surface area contributed by atoms with Crippen LogP contribution in [-0.2, 0) is 4.74 Å². The molecular formula is C13H18O2. The maximum atomic E-state index is 11.7. The third-order valence-corrected chi connectivity index (χ3v) is 2.44. The summed E-state index contributed by atoms with van der Waals surface area (Å²) in [5, 5.41) is 0. The fraction of sp³-hybridized carbons (Fsp3) is 0.462. The normalized spacial score (nSPS) is 10.4. The average molecular weight is 206 g/mol. The van der Waals surface area contributed by atoms with Gasteiger partial charge in [-0.3, -0.25) is 0 Å². The quantitative estimate of drug-likeness (QED) is 0.706. The molecule has 1 aromatic rings. The van der Waals surface area contributed by atoms with Crippen molar-refractivity contribution in [3.05, 3.63) is 35.4 Å². The van der Waals surface area contributed by atoms with E-state index in [4.69, 9.17) is 4.74 Å². The molecule has 2 nitrogen and oxygen atoms in total. The molecule has 0 aliphatic carbocycles. The number of carbonyl (C=O) groups is 1. The number of rotatable bonds is 4. The lowest BCUT2D eigenvalue weighted by Gasteiger charge is -2.13. The average Bonchev–Trinajstić information content (AvgIpc) is 2.25. The van der Waals surface area contributed by atoms with Crippen molar-refractivity contribution in [1.29, 1.82) is 0 Å². The van der Waals surface area contributed by atoms with Crippen molar-refractivity contribution in [2.24, 2.45) is 0 Å². The predicted molar refractivity (Wildman–Crippen MR) is 61.0 cm³/mol. The minimum absolute atomic E-state index is 0.0398. The van der Waals surface area contributed by atoms with Gasteiger partial charge < -0.3 is 4.74 Å². The predicted octanol–water partition coefficient (Wildman–Crippen LogP) is 3.34. The van der Waals surface area contributed by atoms with E-state index in [0.717, 1.165) is 18.4 Å². The molecule has 0 spiro atoms. The molecule has 0 amide bonds. The van der Waals surface area contributed by atoms with Crippen LogP contribution in [-0.4, -0.2) is 12.1 Å². The zero-order valence-electron chi connectivity index (χ0n) is 9.62. The van der Waals surface area contributed by atoms with Crippen LogP contribution in [0, 0.1) is 6.92 Å². The summed E-state index contributed by atoms with van der Waals surface area (Å²) >= 11 is 0. The first kappa shape index (κ1) is 11.8. The van der Waals surface area contributed by atoms with Crippen molar-refractivity contribution in [2.75, 3.05) is 0 Å². The molecule has 0 saturated carbocycles. The number of carbonyl (C=O) groups excluding carboxylic acids is 1. The van der Waals surface area contributed by atoms with Gasteiger partial charge in [-0.15, -0.1) is 0 Å². The zero-order valence-corrected chi connectivity index (χ0v) is 9.62. The van der Waals surface area contributed by atoms with Gasteiger partial charge in [0.05, 0.1) is 5.56 Å². The van der Waals surface area contributed by atoms with Gasteiger partial charge in [0.25, 0.3) is 0 Å². The summed E-state index contributed by atoms with van der Waals surface area (Å²) in [5.41, 5.74) is 1.72. The molecule has 0 aromatic heterocycles. The molecule has 0 saturated heterocycles. The first-order valence-corrected chi connectivity index (χ1v) is 5.45. The second kappa shape index (κ2) is 5.54. The van der Waals surface area contributed by atoms with Crippen LogP contribution in [0.3, 0.4) is 0 Å². The highest BCUT2D eigenvalue weighted by molar-refractivity contribution is 5.89. The molecule has 82 valence electrons. The van der Waals surface area contributed by atoms with Crippen LogP contribution in [0.2, 0.25) is 0 Å². The maximum Gasteiger partial charge on any atom is 0.338 e. The summed E-state index contributed by atoms with van der Waals surface area (Å²) < 4.78 is 5.35. The molecule has 1 rings (SSSR count). The number of hydrogen-bond donors (Lipinski definition) is 0. The third-order valence-electron chi connectivity index (χ3n) is 2.44. The van der Waals surface area contributed by atoms with Crippen LogP contribution in [0.25, 0.3) is 0 Å². The SMILES string of the molecule is CCC(CC)OC(=O)c1cccc(C)c1. The number of aryl methyl sites for hydroxylation is 1. The van der Waals surface area contributed by atoms with E-state index in [1.807, 2.05) is 39.0 Å². The summed E-state index contributed by atoms with van der Waals surface area (Å²) in [6.07, 6.45) is 1.78. The lowest BCUT2D eigenvalue weighted by Crippen LogP contribution is -2.16. The lowest BCUT2D eigenvalue weighted by molar-refractivity contribution is 0.0284. The number of esters is 1. The van der Waals surface area contributed by atoms with Crippen molar-refractivity contribution < 1.29 is 9.53 Å². The summed E-state index contributed by atoms with van der Waals surface area (Å²) in [4.78, 5) is 11.7. The fourth-order valence-corrected chi connectivity index (χ4v) is 1.45.